The van der Waals surface area contributed by atoms with Crippen molar-refractivity contribution in [1.29, 1.82) is 0 Å². The average Bonchev–Trinajstić information content (AvgIpc) is 2.76. The summed E-state index contributed by atoms with van der Waals surface area (Å²) in [6.45, 7) is 4.95. The van der Waals surface area contributed by atoms with Crippen molar-refractivity contribution in [2.75, 3.05) is 46.9 Å². The zero-order valence-electron chi connectivity index (χ0n) is 17.6. The Morgan fingerprint density at radius 3 is 2.48 bits per heavy atom. The molecular formula is C24H33N3O2. The Morgan fingerprint density at radius 2 is 1.76 bits per heavy atom. The number of amides is 1. The van der Waals surface area contributed by atoms with E-state index in [1.54, 1.807) is 7.11 Å². The van der Waals surface area contributed by atoms with E-state index in [9.17, 15) is 4.79 Å². The maximum Gasteiger partial charge on any atom is 0.220 e. The Bertz CT molecular complexity index is 758. The molecule has 1 aliphatic heterocycles. The van der Waals surface area contributed by atoms with Crippen LogP contribution in [0.15, 0.2) is 54.6 Å². The number of hydrogen-bond donors (Lipinski definition) is 1. The van der Waals surface area contributed by atoms with Crippen LogP contribution in [0, 0.1) is 0 Å². The van der Waals surface area contributed by atoms with Gasteiger partial charge in [0.05, 0.1) is 7.11 Å². The van der Waals surface area contributed by atoms with Gasteiger partial charge >= 0.3 is 0 Å². The smallest absolute Gasteiger partial charge is 0.220 e. The molecule has 2 aromatic carbocycles. The zero-order valence-corrected chi connectivity index (χ0v) is 17.6. The van der Waals surface area contributed by atoms with Gasteiger partial charge in [-0.25, -0.2) is 0 Å². The van der Waals surface area contributed by atoms with Gasteiger partial charge in [0.25, 0.3) is 0 Å². The summed E-state index contributed by atoms with van der Waals surface area (Å²) in [6.07, 6.45) is 2.18. The Morgan fingerprint density at radius 1 is 1.03 bits per heavy atom. The van der Waals surface area contributed by atoms with Crippen molar-refractivity contribution >= 4 is 5.91 Å². The first kappa shape index (κ1) is 21.3. The van der Waals surface area contributed by atoms with E-state index in [1.807, 2.05) is 24.3 Å². The third kappa shape index (κ3) is 6.87. The second-order valence-corrected chi connectivity index (χ2v) is 7.84. The summed E-state index contributed by atoms with van der Waals surface area (Å²) >= 11 is 0. The van der Waals surface area contributed by atoms with E-state index in [0.29, 0.717) is 19.0 Å². The number of likely N-dealkylation sites (N-methyl/N-ethyl adjacent to an activating group) is 1. The van der Waals surface area contributed by atoms with Crippen LogP contribution in [0.2, 0.25) is 0 Å². The van der Waals surface area contributed by atoms with Crippen LogP contribution < -0.4 is 10.1 Å². The standard InChI is InChI=1S/C24H33N3O2/c1-26-13-15-27(16-14-26)22(17-20-7-4-3-5-8-20)19-25-24(28)12-11-21-9-6-10-23(18-21)29-2/h3-10,18,22H,11-17,19H2,1-2H3,(H,25,28). The molecule has 1 N–H and O–H groups in total. The second-order valence-electron chi connectivity index (χ2n) is 7.84. The lowest BCUT2D eigenvalue weighted by molar-refractivity contribution is -0.121. The minimum Gasteiger partial charge on any atom is -0.497 e. The third-order valence-corrected chi connectivity index (χ3v) is 5.68. The fourth-order valence-electron chi connectivity index (χ4n) is 3.81. The SMILES string of the molecule is COc1cccc(CCC(=O)NCC(Cc2ccccc2)N2CCN(C)CC2)c1. The number of aryl methyl sites for hydroxylation is 1. The molecule has 3 rings (SSSR count). The van der Waals surface area contributed by atoms with Crippen LogP contribution in [0.25, 0.3) is 0 Å². The molecule has 5 heteroatoms. The quantitative estimate of drug-likeness (QED) is 0.709. The summed E-state index contributed by atoms with van der Waals surface area (Å²) < 4.78 is 5.26. The first-order chi connectivity index (χ1) is 14.1. The lowest BCUT2D eigenvalue weighted by Gasteiger charge is -2.38. The van der Waals surface area contributed by atoms with Crippen LogP contribution in [-0.4, -0.2) is 68.6 Å². The highest BCUT2D eigenvalue weighted by atomic mass is 16.5. The molecule has 29 heavy (non-hydrogen) atoms. The predicted molar refractivity (Wildman–Crippen MR) is 117 cm³/mol. The molecule has 1 atom stereocenters. The Hall–Kier alpha value is -2.37. The Balaban J connectivity index is 1.53. The van der Waals surface area contributed by atoms with Gasteiger partial charge in [-0.1, -0.05) is 42.5 Å². The van der Waals surface area contributed by atoms with Crippen LogP contribution in [0.1, 0.15) is 17.5 Å². The van der Waals surface area contributed by atoms with Crippen molar-refractivity contribution in [3.63, 3.8) is 0 Å². The first-order valence-corrected chi connectivity index (χ1v) is 10.5. The molecule has 0 spiro atoms. The highest BCUT2D eigenvalue weighted by Crippen LogP contribution is 2.14. The average molecular weight is 396 g/mol. The Kier molecular flexibility index (Phi) is 8.08. The van der Waals surface area contributed by atoms with Gasteiger partial charge < -0.3 is 15.0 Å². The number of piperazine rings is 1. The van der Waals surface area contributed by atoms with Gasteiger partial charge in [-0.05, 0) is 43.1 Å². The van der Waals surface area contributed by atoms with Gasteiger partial charge in [-0.3, -0.25) is 9.69 Å². The number of benzene rings is 2. The van der Waals surface area contributed by atoms with E-state index in [2.05, 4.69) is 52.5 Å². The molecule has 1 saturated heterocycles. The highest BCUT2D eigenvalue weighted by molar-refractivity contribution is 5.76. The molecule has 1 fully saturated rings. The largest absolute Gasteiger partial charge is 0.497 e. The fraction of sp³-hybridized carbons (Fsp3) is 0.458. The van der Waals surface area contributed by atoms with Crippen molar-refractivity contribution in [2.45, 2.75) is 25.3 Å². The van der Waals surface area contributed by atoms with Gasteiger partial charge in [-0.2, -0.15) is 0 Å². The number of nitrogens with one attached hydrogen (secondary N) is 1. The zero-order chi connectivity index (χ0) is 20.5. The first-order valence-electron chi connectivity index (χ1n) is 10.5. The van der Waals surface area contributed by atoms with E-state index < -0.39 is 0 Å². The lowest BCUT2D eigenvalue weighted by Crippen LogP contribution is -2.53. The van der Waals surface area contributed by atoms with Crippen LogP contribution >= 0.6 is 0 Å². The molecule has 156 valence electrons. The number of nitrogens with zero attached hydrogens (tertiary/aromatic N) is 2. The van der Waals surface area contributed by atoms with Crippen molar-refractivity contribution in [3.8, 4) is 5.75 Å². The van der Waals surface area contributed by atoms with E-state index in [4.69, 9.17) is 4.74 Å². The van der Waals surface area contributed by atoms with Crippen molar-refractivity contribution in [2.24, 2.45) is 0 Å². The Labute approximate surface area is 174 Å². The number of rotatable bonds is 9. The maximum absolute atomic E-state index is 12.5. The predicted octanol–water partition coefficient (Wildman–Crippen LogP) is 2.60. The molecule has 1 heterocycles. The minimum absolute atomic E-state index is 0.111. The molecule has 1 aliphatic rings. The molecular weight excluding hydrogens is 362 g/mol. The van der Waals surface area contributed by atoms with Crippen LogP contribution in [0.5, 0.6) is 5.75 Å². The number of carbonyl (C=O) groups is 1. The molecule has 0 aromatic heterocycles. The number of ether oxygens (including phenoxy) is 1. The number of methoxy groups -OCH3 is 1. The number of carbonyl (C=O) groups excluding carboxylic acids is 1. The molecule has 0 bridgehead atoms. The molecule has 5 nitrogen and oxygen atoms in total. The van der Waals surface area contributed by atoms with Crippen molar-refractivity contribution < 1.29 is 9.53 Å². The van der Waals surface area contributed by atoms with Gasteiger partial charge in [-0.15, -0.1) is 0 Å². The maximum atomic E-state index is 12.5. The van der Waals surface area contributed by atoms with Gasteiger partial charge in [0, 0.05) is 45.2 Å². The van der Waals surface area contributed by atoms with Gasteiger partial charge in [0.2, 0.25) is 5.91 Å². The van der Waals surface area contributed by atoms with E-state index >= 15 is 0 Å². The fourth-order valence-corrected chi connectivity index (χ4v) is 3.81. The van der Waals surface area contributed by atoms with Gasteiger partial charge in [0.1, 0.15) is 5.75 Å². The molecule has 1 amide bonds. The van der Waals surface area contributed by atoms with Crippen LogP contribution in [-0.2, 0) is 17.6 Å². The normalized spacial score (nSPS) is 16.3. The minimum atomic E-state index is 0.111. The molecule has 1 unspecified atom stereocenters. The topological polar surface area (TPSA) is 44.8 Å². The summed E-state index contributed by atoms with van der Waals surface area (Å²) in [6, 6.07) is 18.8. The molecule has 0 radical (unpaired) electrons. The summed E-state index contributed by atoms with van der Waals surface area (Å²) in [7, 11) is 3.83. The lowest BCUT2D eigenvalue weighted by atomic mass is 10.0. The highest BCUT2D eigenvalue weighted by Gasteiger charge is 2.23. The molecule has 2 aromatic rings. The summed E-state index contributed by atoms with van der Waals surface area (Å²) in [5.74, 6) is 0.945. The molecule has 0 aliphatic carbocycles. The number of hydrogen-bond acceptors (Lipinski definition) is 4. The van der Waals surface area contributed by atoms with Crippen molar-refractivity contribution in [1.82, 2.24) is 15.1 Å². The van der Waals surface area contributed by atoms with Crippen molar-refractivity contribution in [3.05, 3.63) is 65.7 Å². The molecule has 0 saturated carbocycles. The monoisotopic (exact) mass is 395 g/mol. The van der Waals surface area contributed by atoms with E-state index in [1.165, 1.54) is 5.56 Å². The van der Waals surface area contributed by atoms with E-state index in [-0.39, 0.29) is 5.91 Å². The van der Waals surface area contributed by atoms with Crippen LogP contribution in [0.3, 0.4) is 0 Å². The van der Waals surface area contributed by atoms with Gasteiger partial charge in [0.15, 0.2) is 0 Å². The van der Waals surface area contributed by atoms with E-state index in [0.717, 1.165) is 50.3 Å². The second kappa shape index (κ2) is 11.0. The summed E-state index contributed by atoms with van der Waals surface area (Å²) in [5.41, 5.74) is 2.45. The summed E-state index contributed by atoms with van der Waals surface area (Å²) in [5, 5.41) is 3.18. The van der Waals surface area contributed by atoms with Crippen LogP contribution in [0.4, 0.5) is 0 Å². The summed E-state index contributed by atoms with van der Waals surface area (Å²) in [4.78, 5) is 17.4. The third-order valence-electron chi connectivity index (χ3n) is 5.68.